The first kappa shape index (κ1) is 19.3. The van der Waals surface area contributed by atoms with Crippen LogP contribution in [0.25, 0.3) is 0 Å². The van der Waals surface area contributed by atoms with Gasteiger partial charge in [0.05, 0.1) is 12.5 Å². The molecule has 1 rings (SSSR count). The van der Waals surface area contributed by atoms with E-state index < -0.39 is 37.1 Å². The summed E-state index contributed by atoms with van der Waals surface area (Å²) in [5.41, 5.74) is 5.26. The largest absolute Gasteiger partial charge is 0.481 e. The first-order chi connectivity index (χ1) is 10.4. The lowest BCUT2D eigenvalue weighted by Gasteiger charge is -2.26. The van der Waals surface area contributed by atoms with E-state index in [1.54, 1.807) is 0 Å². The molecule has 0 amide bonds. The normalized spacial score (nSPS) is 22.0. The molecule has 0 aromatic carbocycles. The Labute approximate surface area is 130 Å². The molecule has 4 atom stereocenters. The maximum atomic E-state index is 10.6. The third-order valence-corrected chi connectivity index (χ3v) is 4.04. The summed E-state index contributed by atoms with van der Waals surface area (Å²) in [6, 6.07) is -0.954. The van der Waals surface area contributed by atoms with Crippen LogP contribution < -0.4 is 16.4 Å². The van der Waals surface area contributed by atoms with Crippen LogP contribution in [0.5, 0.6) is 0 Å². The lowest BCUT2D eigenvalue weighted by molar-refractivity contribution is -0.138. The van der Waals surface area contributed by atoms with Gasteiger partial charge in [-0.3, -0.25) is 15.4 Å². The molecule has 0 aromatic rings. The van der Waals surface area contributed by atoms with E-state index in [4.69, 9.17) is 10.8 Å². The molecule has 0 spiro atoms. The first-order valence-electron chi connectivity index (χ1n) is 7.89. The van der Waals surface area contributed by atoms with E-state index in [0.717, 1.165) is 12.8 Å². The number of nitrogens with one attached hydrogen (secondary N) is 2. The molecule has 1 fully saturated rings. The topological polar surface area (TPSA) is 148 Å². The van der Waals surface area contributed by atoms with Gasteiger partial charge in [0, 0.05) is 6.54 Å². The Bertz CT molecular complexity index is 324. The Balaban J connectivity index is 2.25. The predicted octanol–water partition coefficient (Wildman–Crippen LogP) is -1.11. The summed E-state index contributed by atoms with van der Waals surface area (Å²) < 4.78 is 0. The van der Waals surface area contributed by atoms with Gasteiger partial charge in [-0.2, -0.15) is 0 Å². The van der Waals surface area contributed by atoms with Crippen LogP contribution in [0, 0.1) is 5.92 Å². The van der Waals surface area contributed by atoms with Crippen LogP contribution in [0.2, 0.25) is 0 Å². The number of hydrogen-bond donors (Lipinski definition) is 7. The minimum absolute atomic E-state index is 0.0384. The number of rotatable bonds is 10. The van der Waals surface area contributed by atoms with E-state index in [0.29, 0.717) is 12.3 Å². The minimum atomic E-state index is -1.39. The van der Waals surface area contributed by atoms with Crippen molar-refractivity contribution >= 4 is 5.97 Å². The molecule has 22 heavy (non-hydrogen) atoms. The van der Waals surface area contributed by atoms with E-state index in [-0.39, 0.29) is 6.54 Å². The van der Waals surface area contributed by atoms with Crippen LogP contribution in [-0.2, 0) is 4.79 Å². The summed E-state index contributed by atoms with van der Waals surface area (Å²) >= 11 is 0. The molecule has 0 aliphatic heterocycles. The van der Waals surface area contributed by atoms with E-state index in [1.165, 1.54) is 19.3 Å². The third-order valence-electron chi connectivity index (χ3n) is 4.04. The smallest absolute Gasteiger partial charge is 0.305 e. The summed E-state index contributed by atoms with van der Waals surface area (Å²) in [6.45, 7) is 0.0384. The summed E-state index contributed by atoms with van der Waals surface area (Å²) in [5.74, 6) is -0.619. The van der Waals surface area contributed by atoms with Crippen molar-refractivity contribution in [1.82, 2.24) is 10.6 Å². The standard InChI is InChI=1S/C14H29N3O5/c15-14(22)10(7-13(20)21)17-12(19)8-16-11(18)6-9-4-2-1-3-5-9/h9-12,14,16-19,22H,1-8,15H2,(H,20,21)/t10-,11?,12?,14?/m0/s1. The summed E-state index contributed by atoms with van der Waals surface area (Å²) in [4.78, 5) is 10.6. The second kappa shape index (κ2) is 10.1. The van der Waals surface area contributed by atoms with Crippen molar-refractivity contribution in [2.24, 2.45) is 11.7 Å². The molecule has 0 aromatic heterocycles. The fourth-order valence-electron chi connectivity index (χ4n) is 2.84. The van der Waals surface area contributed by atoms with Gasteiger partial charge in [0.1, 0.15) is 18.7 Å². The second-order valence-corrected chi connectivity index (χ2v) is 6.04. The minimum Gasteiger partial charge on any atom is -0.481 e. The van der Waals surface area contributed by atoms with Gasteiger partial charge in [0.15, 0.2) is 0 Å². The maximum absolute atomic E-state index is 10.6. The zero-order chi connectivity index (χ0) is 16.5. The van der Waals surface area contributed by atoms with Gasteiger partial charge in [0.25, 0.3) is 0 Å². The fraction of sp³-hybridized carbons (Fsp3) is 0.929. The van der Waals surface area contributed by atoms with Crippen molar-refractivity contribution in [2.45, 2.75) is 69.7 Å². The Morgan fingerprint density at radius 2 is 1.77 bits per heavy atom. The first-order valence-corrected chi connectivity index (χ1v) is 7.89. The lowest BCUT2D eigenvalue weighted by atomic mass is 9.86. The van der Waals surface area contributed by atoms with Crippen molar-refractivity contribution in [3.05, 3.63) is 0 Å². The average Bonchev–Trinajstić information content (AvgIpc) is 2.45. The molecule has 8 N–H and O–H groups in total. The number of nitrogens with two attached hydrogens (primary N) is 1. The highest BCUT2D eigenvalue weighted by atomic mass is 16.4. The molecule has 0 heterocycles. The van der Waals surface area contributed by atoms with Crippen LogP contribution in [0.1, 0.15) is 44.9 Å². The van der Waals surface area contributed by atoms with Crippen molar-refractivity contribution < 1.29 is 25.2 Å². The second-order valence-electron chi connectivity index (χ2n) is 6.04. The van der Waals surface area contributed by atoms with Crippen molar-refractivity contribution in [2.75, 3.05) is 6.54 Å². The maximum Gasteiger partial charge on any atom is 0.305 e. The lowest BCUT2D eigenvalue weighted by Crippen LogP contribution is -2.53. The Morgan fingerprint density at radius 1 is 1.14 bits per heavy atom. The molecular formula is C14H29N3O5. The van der Waals surface area contributed by atoms with Crippen molar-refractivity contribution in [3.8, 4) is 0 Å². The molecule has 1 aliphatic rings. The Kier molecular flexibility index (Phi) is 8.84. The molecule has 0 radical (unpaired) electrons. The number of carboxylic acid groups (broad SMARTS) is 1. The highest BCUT2D eigenvalue weighted by molar-refractivity contribution is 5.67. The summed E-state index contributed by atoms with van der Waals surface area (Å²) in [7, 11) is 0. The highest BCUT2D eigenvalue weighted by Crippen LogP contribution is 2.26. The Hall–Kier alpha value is -0.770. The van der Waals surface area contributed by atoms with E-state index in [2.05, 4.69) is 10.6 Å². The van der Waals surface area contributed by atoms with Crippen LogP contribution in [0.15, 0.2) is 0 Å². The van der Waals surface area contributed by atoms with Crippen LogP contribution in [0.3, 0.4) is 0 Å². The average molecular weight is 319 g/mol. The van der Waals surface area contributed by atoms with Gasteiger partial charge in [-0.1, -0.05) is 32.1 Å². The van der Waals surface area contributed by atoms with Crippen LogP contribution in [-0.4, -0.2) is 57.7 Å². The van der Waals surface area contributed by atoms with E-state index in [1.807, 2.05) is 0 Å². The zero-order valence-corrected chi connectivity index (χ0v) is 12.8. The van der Waals surface area contributed by atoms with E-state index in [9.17, 15) is 20.1 Å². The number of aliphatic hydroxyl groups is 3. The molecule has 1 saturated carbocycles. The molecular weight excluding hydrogens is 290 g/mol. The van der Waals surface area contributed by atoms with Gasteiger partial charge in [0.2, 0.25) is 0 Å². The predicted molar refractivity (Wildman–Crippen MR) is 80.6 cm³/mol. The zero-order valence-electron chi connectivity index (χ0n) is 12.8. The molecule has 0 bridgehead atoms. The third kappa shape index (κ3) is 8.02. The molecule has 3 unspecified atom stereocenters. The Morgan fingerprint density at radius 3 is 2.32 bits per heavy atom. The molecule has 0 saturated heterocycles. The monoisotopic (exact) mass is 319 g/mol. The fourth-order valence-corrected chi connectivity index (χ4v) is 2.84. The van der Waals surface area contributed by atoms with Gasteiger partial charge < -0.3 is 26.2 Å². The number of carboxylic acids is 1. The van der Waals surface area contributed by atoms with Gasteiger partial charge >= 0.3 is 5.97 Å². The van der Waals surface area contributed by atoms with Crippen LogP contribution >= 0.6 is 0 Å². The summed E-state index contributed by atoms with van der Waals surface area (Å²) in [5, 5.41) is 43.0. The van der Waals surface area contributed by atoms with Gasteiger partial charge in [-0.25, -0.2) is 0 Å². The molecule has 130 valence electrons. The van der Waals surface area contributed by atoms with Gasteiger partial charge in [-0.15, -0.1) is 0 Å². The SMILES string of the molecule is NC(O)[C@H](CC(=O)O)NC(O)CNC(O)CC1CCCCC1. The number of carbonyl (C=O) groups is 1. The number of aliphatic hydroxyl groups excluding tert-OH is 3. The summed E-state index contributed by atoms with van der Waals surface area (Å²) in [6.07, 6.45) is 2.94. The highest BCUT2D eigenvalue weighted by Gasteiger charge is 2.22. The van der Waals surface area contributed by atoms with Gasteiger partial charge in [-0.05, 0) is 12.3 Å². The molecule has 1 aliphatic carbocycles. The molecule has 8 nitrogen and oxygen atoms in total. The van der Waals surface area contributed by atoms with E-state index >= 15 is 0 Å². The number of hydrogen-bond acceptors (Lipinski definition) is 7. The number of aliphatic carboxylic acids is 1. The van der Waals surface area contributed by atoms with Crippen molar-refractivity contribution in [3.63, 3.8) is 0 Å². The quantitative estimate of drug-likeness (QED) is 0.251. The van der Waals surface area contributed by atoms with Crippen LogP contribution in [0.4, 0.5) is 0 Å². The molecule has 8 heteroatoms. The van der Waals surface area contributed by atoms with Crippen molar-refractivity contribution in [1.29, 1.82) is 0 Å².